The molecule has 3 heteroatoms. The molecular formula is C14H24O3. The molecule has 0 spiro atoms. The van der Waals surface area contributed by atoms with Gasteiger partial charge in [-0.2, -0.15) is 0 Å². The number of hydrogen-bond donors (Lipinski definition) is 0. The van der Waals surface area contributed by atoms with E-state index in [2.05, 4.69) is 0 Å². The molecule has 3 nitrogen and oxygen atoms in total. The molecule has 17 heavy (non-hydrogen) atoms. The second kappa shape index (κ2) is 5.19. The Kier molecular flexibility index (Phi) is 4.34. The highest BCUT2D eigenvalue weighted by Crippen LogP contribution is 2.40. The first kappa shape index (κ1) is 14.2. The van der Waals surface area contributed by atoms with E-state index in [-0.39, 0.29) is 30.0 Å². The Morgan fingerprint density at radius 1 is 1.24 bits per heavy atom. The lowest BCUT2D eigenvalue weighted by atomic mass is 9.88. The molecule has 0 aliphatic heterocycles. The average molecular weight is 240 g/mol. The van der Waals surface area contributed by atoms with Crippen molar-refractivity contribution in [3.05, 3.63) is 0 Å². The third kappa shape index (κ3) is 4.88. The van der Waals surface area contributed by atoms with Gasteiger partial charge in [0.15, 0.2) is 0 Å². The van der Waals surface area contributed by atoms with Crippen LogP contribution in [0.15, 0.2) is 0 Å². The Bertz CT molecular complexity index is 295. The second-order valence-electron chi connectivity index (χ2n) is 6.29. The van der Waals surface area contributed by atoms with Crippen LogP contribution in [0.3, 0.4) is 0 Å². The molecule has 1 aliphatic rings. The summed E-state index contributed by atoms with van der Waals surface area (Å²) in [5, 5.41) is 0. The van der Waals surface area contributed by atoms with E-state index in [0.717, 1.165) is 12.8 Å². The van der Waals surface area contributed by atoms with Crippen LogP contribution in [0.1, 0.15) is 53.9 Å². The summed E-state index contributed by atoms with van der Waals surface area (Å²) in [5.41, 5.74) is -0.466. The summed E-state index contributed by atoms with van der Waals surface area (Å²) in [6.45, 7) is 9.34. The van der Waals surface area contributed by atoms with E-state index in [1.54, 1.807) is 0 Å². The number of ether oxygens (including phenoxy) is 1. The molecule has 0 amide bonds. The van der Waals surface area contributed by atoms with Crippen LogP contribution in [0.2, 0.25) is 0 Å². The van der Waals surface area contributed by atoms with Crippen molar-refractivity contribution < 1.29 is 14.3 Å². The van der Waals surface area contributed by atoms with Gasteiger partial charge < -0.3 is 4.74 Å². The fourth-order valence-electron chi connectivity index (χ4n) is 1.99. The van der Waals surface area contributed by atoms with Crippen molar-refractivity contribution in [2.24, 2.45) is 17.8 Å². The third-order valence-electron chi connectivity index (χ3n) is 2.93. The molecule has 1 atom stereocenters. The highest BCUT2D eigenvalue weighted by molar-refractivity contribution is 5.87. The minimum Gasteiger partial charge on any atom is -0.460 e. The first-order chi connectivity index (χ1) is 7.70. The van der Waals surface area contributed by atoms with Gasteiger partial charge in [-0.15, -0.1) is 0 Å². The number of ketones is 1. The quantitative estimate of drug-likeness (QED) is 0.694. The first-order valence-electron chi connectivity index (χ1n) is 6.46. The molecule has 1 saturated carbocycles. The summed E-state index contributed by atoms with van der Waals surface area (Å²) in [4.78, 5) is 23.8. The van der Waals surface area contributed by atoms with Gasteiger partial charge in [0.05, 0.1) is 6.42 Å². The minimum absolute atomic E-state index is 0.00281. The second-order valence-corrected chi connectivity index (χ2v) is 6.29. The number of carbonyl (C=O) groups excluding carboxylic acids is 2. The summed E-state index contributed by atoms with van der Waals surface area (Å²) in [5.74, 6) is 0.257. The van der Waals surface area contributed by atoms with Gasteiger partial charge in [0.1, 0.15) is 11.4 Å². The van der Waals surface area contributed by atoms with Crippen LogP contribution in [-0.4, -0.2) is 17.4 Å². The van der Waals surface area contributed by atoms with Gasteiger partial charge in [0, 0.05) is 11.8 Å². The Hall–Kier alpha value is -0.860. The van der Waals surface area contributed by atoms with Gasteiger partial charge in [0.25, 0.3) is 0 Å². The SMILES string of the molecule is CC(C)C(=O)C(CC(=O)OC(C)(C)C)C1CC1. The fourth-order valence-corrected chi connectivity index (χ4v) is 1.99. The van der Waals surface area contributed by atoms with E-state index >= 15 is 0 Å². The Morgan fingerprint density at radius 3 is 2.12 bits per heavy atom. The van der Waals surface area contributed by atoms with E-state index in [1.165, 1.54) is 0 Å². The molecule has 98 valence electrons. The van der Waals surface area contributed by atoms with E-state index in [1.807, 2.05) is 34.6 Å². The summed E-state index contributed by atoms with van der Waals surface area (Å²) in [6, 6.07) is 0. The number of rotatable bonds is 5. The Balaban J connectivity index is 2.56. The number of Topliss-reactive ketones (excluding diaryl/α,β-unsaturated/α-hetero) is 1. The van der Waals surface area contributed by atoms with Crippen molar-refractivity contribution in [3.63, 3.8) is 0 Å². The summed E-state index contributed by atoms with van der Waals surface area (Å²) < 4.78 is 5.28. The molecule has 0 heterocycles. The highest BCUT2D eigenvalue weighted by Gasteiger charge is 2.38. The van der Waals surface area contributed by atoms with Crippen LogP contribution >= 0.6 is 0 Å². The van der Waals surface area contributed by atoms with Gasteiger partial charge in [-0.1, -0.05) is 13.8 Å². The zero-order valence-corrected chi connectivity index (χ0v) is 11.6. The largest absolute Gasteiger partial charge is 0.460 e. The topological polar surface area (TPSA) is 43.4 Å². The zero-order chi connectivity index (χ0) is 13.2. The summed E-state index contributed by atoms with van der Waals surface area (Å²) >= 11 is 0. The predicted molar refractivity (Wildman–Crippen MR) is 66.5 cm³/mol. The molecule has 0 aromatic rings. The summed E-state index contributed by atoms with van der Waals surface area (Å²) in [6.07, 6.45) is 2.40. The van der Waals surface area contributed by atoms with Crippen LogP contribution in [0.5, 0.6) is 0 Å². The van der Waals surface area contributed by atoms with Crippen molar-refractivity contribution in [3.8, 4) is 0 Å². The van der Waals surface area contributed by atoms with E-state index < -0.39 is 5.60 Å². The maximum atomic E-state index is 12.0. The summed E-state index contributed by atoms with van der Waals surface area (Å²) in [7, 11) is 0. The first-order valence-corrected chi connectivity index (χ1v) is 6.46. The van der Waals surface area contributed by atoms with Crippen LogP contribution in [0.25, 0.3) is 0 Å². The Morgan fingerprint density at radius 2 is 1.76 bits per heavy atom. The van der Waals surface area contributed by atoms with Crippen LogP contribution in [0, 0.1) is 17.8 Å². The molecule has 0 saturated heterocycles. The van der Waals surface area contributed by atoms with Crippen molar-refractivity contribution in [2.75, 3.05) is 0 Å². The van der Waals surface area contributed by atoms with E-state index in [9.17, 15) is 9.59 Å². The molecule has 0 aromatic heterocycles. The zero-order valence-electron chi connectivity index (χ0n) is 11.6. The fraction of sp³-hybridized carbons (Fsp3) is 0.857. The molecule has 1 rings (SSSR count). The smallest absolute Gasteiger partial charge is 0.307 e. The normalized spacial score (nSPS) is 18.0. The van der Waals surface area contributed by atoms with Crippen molar-refractivity contribution in [1.29, 1.82) is 0 Å². The lowest BCUT2D eigenvalue weighted by molar-refractivity contribution is -0.157. The van der Waals surface area contributed by atoms with Crippen LogP contribution in [-0.2, 0) is 14.3 Å². The predicted octanol–water partition coefficient (Wildman–Crippen LogP) is 2.97. The van der Waals surface area contributed by atoms with Crippen molar-refractivity contribution in [1.82, 2.24) is 0 Å². The van der Waals surface area contributed by atoms with Gasteiger partial charge >= 0.3 is 5.97 Å². The minimum atomic E-state index is -0.466. The van der Waals surface area contributed by atoms with Crippen LogP contribution in [0.4, 0.5) is 0 Å². The number of hydrogen-bond acceptors (Lipinski definition) is 3. The monoisotopic (exact) mass is 240 g/mol. The molecule has 1 fully saturated rings. The maximum absolute atomic E-state index is 12.0. The van der Waals surface area contributed by atoms with E-state index in [0.29, 0.717) is 5.92 Å². The van der Waals surface area contributed by atoms with Gasteiger partial charge in [0.2, 0.25) is 0 Å². The van der Waals surface area contributed by atoms with Gasteiger partial charge in [-0.25, -0.2) is 0 Å². The molecular weight excluding hydrogens is 216 g/mol. The van der Waals surface area contributed by atoms with Gasteiger partial charge in [-0.05, 0) is 39.5 Å². The molecule has 0 N–H and O–H groups in total. The molecule has 1 aliphatic carbocycles. The molecule has 0 radical (unpaired) electrons. The maximum Gasteiger partial charge on any atom is 0.307 e. The lowest BCUT2D eigenvalue weighted by Gasteiger charge is -2.22. The number of esters is 1. The molecule has 1 unspecified atom stereocenters. The van der Waals surface area contributed by atoms with Crippen LogP contribution < -0.4 is 0 Å². The third-order valence-corrected chi connectivity index (χ3v) is 2.93. The molecule has 0 aromatic carbocycles. The van der Waals surface area contributed by atoms with Crippen molar-refractivity contribution >= 4 is 11.8 Å². The lowest BCUT2D eigenvalue weighted by Crippen LogP contribution is -2.29. The van der Waals surface area contributed by atoms with Gasteiger partial charge in [-0.3, -0.25) is 9.59 Å². The molecule has 0 bridgehead atoms. The highest BCUT2D eigenvalue weighted by atomic mass is 16.6. The van der Waals surface area contributed by atoms with E-state index in [4.69, 9.17) is 4.74 Å². The average Bonchev–Trinajstić information content (AvgIpc) is 2.93. The standard InChI is InChI=1S/C14H24O3/c1-9(2)13(16)11(10-6-7-10)8-12(15)17-14(3,4)5/h9-11H,6-8H2,1-5H3. The Labute approximate surface area is 104 Å². The number of carbonyl (C=O) groups is 2. The van der Waals surface area contributed by atoms with Crippen molar-refractivity contribution in [2.45, 2.75) is 59.5 Å².